The zero-order valence-corrected chi connectivity index (χ0v) is 19.1. The van der Waals surface area contributed by atoms with E-state index in [4.69, 9.17) is 18.9 Å². The molecule has 0 fully saturated rings. The fraction of sp³-hybridized carbons (Fsp3) is 0.304. The number of ether oxygens (including phenoxy) is 4. The van der Waals surface area contributed by atoms with E-state index in [0.29, 0.717) is 47.3 Å². The number of benzene rings is 2. The third kappa shape index (κ3) is 8.17. The summed E-state index contributed by atoms with van der Waals surface area (Å²) in [5.41, 5.74) is 5.97. The molecule has 0 saturated heterocycles. The van der Waals surface area contributed by atoms with Gasteiger partial charge < -0.3 is 18.9 Å². The SMILES string of the molecule is CCOc1ccc(C=NNC(=O)CC(=O)NN=Cc2ccc(OCC)c(OC)c2)cc1OC. The molecule has 0 unspecified atom stereocenters. The second-order valence-electron chi connectivity index (χ2n) is 6.45. The zero-order valence-electron chi connectivity index (χ0n) is 19.1. The number of carbonyl (C=O) groups excluding carboxylic acids is 2. The lowest BCUT2D eigenvalue weighted by Gasteiger charge is -2.09. The van der Waals surface area contributed by atoms with Crippen LogP contribution < -0.4 is 29.8 Å². The highest BCUT2D eigenvalue weighted by Crippen LogP contribution is 2.28. The van der Waals surface area contributed by atoms with E-state index in [1.807, 2.05) is 13.8 Å². The van der Waals surface area contributed by atoms with Gasteiger partial charge in [0.15, 0.2) is 23.0 Å². The van der Waals surface area contributed by atoms with Crippen LogP contribution >= 0.6 is 0 Å². The van der Waals surface area contributed by atoms with Crippen molar-refractivity contribution in [3.63, 3.8) is 0 Å². The predicted molar refractivity (Wildman–Crippen MR) is 124 cm³/mol. The maximum atomic E-state index is 11.9. The number of nitrogens with one attached hydrogen (secondary N) is 2. The summed E-state index contributed by atoms with van der Waals surface area (Å²) in [6.07, 6.45) is 2.44. The van der Waals surface area contributed by atoms with Crippen molar-refractivity contribution >= 4 is 24.2 Å². The molecule has 0 aliphatic heterocycles. The molecule has 0 heterocycles. The second kappa shape index (κ2) is 13.4. The van der Waals surface area contributed by atoms with Gasteiger partial charge in [0.2, 0.25) is 11.8 Å². The number of carbonyl (C=O) groups is 2. The van der Waals surface area contributed by atoms with Gasteiger partial charge in [-0.05, 0) is 61.4 Å². The molecule has 2 aromatic rings. The zero-order chi connectivity index (χ0) is 24.1. The minimum absolute atomic E-state index is 0.437. The fourth-order valence-corrected chi connectivity index (χ4v) is 2.66. The molecular formula is C23H28N4O6. The Bertz CT molecular complexity index is 927. The Kier molecular flexibility index (Phi) is 10.2. The summed E-state index contributed by atoms with van der Waals surface area (Å²) in [5.74, 6) is 1.16. The van der Waals surface area contributed by atoms with Crippen molar-refractivity contribution in [2.24, 2.45) is 10.2 Å². The van der Waals surface area contributed by atoms with Gasteiger partial charge in [0.1, 0.15) is 6.42 Å². The molecule has 0 spiro atoms. The first-order chi connectivity index (χ1) is 16.0. The van der Waals surface area contributed by atoms with E-state index >= 15 is 0 Å². The molecule has 10 heteroatoms. The molecule has 0 atom stereocenters. The molecule has 10 nitrogen and oxygen atoms in total. The summed E-state index contributed by atoms with van der Waals surface area (Å²) in [6, 6.07) is 10.5. The van der Waals surface area contributed by atoms with Crippen LogP contribution in [0.5, 0.6) is 23.0 Å². The maximum absolute atomic E-state index is 11.9. The summed E-state index contributed by atoms with van der Waals surface area (Å²) in [4.78, 5) is 23.8. The quantitative estimate of drug-likeness (QED) is 0.288. The van der Waals surface area contributed by atoms with Crippen LogP contribution in [0.3, 0.4) is 0 Å². The highest BCUT2D eigenvalue weighted by Gasteiger charge is 2.08. The molecule has 0 bridgehead atoms. The third-order valence-electron chi connectivity index (χ3n) is 4.10. The van der Waals surface area contributed by atoms with Gasteiger partial charge in [-0.3, -0.25) is 9.59 Å². The molecule has 0 saturated carbocycles. The molecule has 2 N–H and O–H groups in total. The Labute approximate surface area is 192 Å². The predicted octanol–water partition coefficient (Wildman–Crippen LogP) is 2.49. The third-order valence-corrected chi connectivity index (χ3v) is 4.10. The summed E-state index contributed by atoms with van der Waals surface area (Å²) < 4.78 is 21.4. The van der Waals surface area contributed by atoms with E-state index in [1.165, 1.54) is 26.6 Å². The van der Waals surface area contributed by atoms with E-state index in [1.54, 1.807) is 36.4 Å². The molecule has 176 valence electrons. The number of methoxy groups -OCH3 is 2. The lowest BCUT2D eigenvalue weighted by molar-refractivity contribution is -0.129. The van der Waals surface area contributed by atoms with Crippen LogP contribution in [0.15, 0.2) is 46.6 Å². The Balaban J connectivity index is 1.83. The first kappa shape index (κ1) is 25.2. The van der Waals surface area contributed by atoms with Crippen LogP contribution in [0.25, 0.3) is 0 Å². The number of amides is 2. The molecule has 0 radical (unpaired) electrons. The van der Waals surface area contributed by atoms with Crippen LogP contribution in [-0.2, 0) is 9.59 Å². The lowest BCUT2D eigenvalue weighted by Crippen LogP contribution is -2.27. The smallest absolute Gasteiger partial charge is 0.249 e. The van der Waals surface area contributed by atoms with Gasteiger partial charge in [-0.15, -0.1) is 0 Å². The van der Waals surface area contributed by atoms with Crippen molar-refractivity contribution in [3.8, 4) is 23.0 Å². The van der Waals surface area contributed by atoms with E-state index in [0.717, 1.165) is 0 Å². The van der Waals surface area contributed by atoms with Crippen molar-refractivity contribution in [2.75, 3.05) is 27.4 Å². The average molecular weight is 456 g/mol. The van der Waals surface area contributed by atoms with Crippen molar-refractivity contribution < 1.29 is 28.5 Å². The molecule has 0 aliphatic carbocycles. The van der Waals surface area contributed by atoms with Gasteiger partial charge in [-0.1, -0.05) is 0 Å². The van der Waals surface area contributed by atoms with E-state index in [-0.39, 0.29) is 0 Å². The van der Waals surface area contributed by atoms with E-state index in [9.17, 15) is 9.59 Å². The molecule has 33 heavy (non-hydrogen) atoms. The number of nitrogens with zero attached hydrogens (tertiary/aromatic N) is 2. The first-order valence-corrected chi connectivity index (χ1v) is 10.3. The van der Waals surface area contributed by atoms with Crippen molar-refractivity contribution in [2.45, 2.75) is 20.3 Å². The van der Waals surface area contributed by atoms with Crippen molar-refractivity contribution in [1.29, 1.82) is 0 Å². The molecule has 0 aromatic heterocycles. The van der Waals surface area contributed by atoms with Crippen LogP contribution in [-0.4, -0.2) is 51.7 Å². The molecule has 2 amide bonds. The van der Waals surface area contributed by atoms with Crippen molar-refractivity contribution in [3.05, 3.63) is 47.5 Å². The Morgan fingerprint density at radius 2 is 1.18 bits per heavy atom. The van der Waals surface area contributed by atoms with Crippen LogP contribution in [0.4, 0.5) is 0 Å². The summed E-state index contributed by atoms with van der Waals surface area (Å²) >= 11 is 0. The summed E-state index contributed by atoms with van der Waals surface area (Å²) in [5, 5.41) is 7.70. The first-order valence-electron chi connectivity index (χ1n) is 10.3. The normalized spacial score (nSPS) is 10.8. The number of rotatable bonds is 12. The largest absolute Gasteiger partial charge is 0.493 e. The molecular weight excluding hydrogens is 428 g/mol. The maximum Gasteiger partial charge on any atom is 0.249 e. The van der Waals surface area contributed by atoms with Gasteiger partial charge in [-0.25, -0.2) is 10.9 Å². The standard InChI is InChI=1S/C23H28N4O6/c1-5-32-18-9-7-16(11-20(18)30-3)14-24-26-22(28)13-23(29)27-25-15-17-8-10-19(33-6-2)21(12-17)31-4/h7-12,14-15H,5-6,13H2,1-4H3,(H,26,28)(H,27,29). The number of hydrazone groups is 2. The Morgan fingerprint density at radius 1 is 0.758 bits per heavy atom. The number of hydrogen-bond acceptors (Lipinski definition) is 8. The molecule has 2 aromatic carbocycles. The van der Waals surface area contributed by atoms with Crippen LogP contribution in [0.1, 0.15) is 31.4 Å². The van der Waals surface area contributed by atoms with Crippen LogP contribution in [0.2, 0.25) is 0 Å². The lowest BCUT2D eigenvalue weighted by atomic mass is 10.2. The Hall–Kier alpha value is -4.08. The van der Waals surface area contributed by atoms with E-state index in [2.05, 4.69) is 21.1 Å². The summed E-state index contributed by atoms with van der Waals surface area (Å²) in [7, 11) is 3.07. The van der Waals surface area contributed by atoms with Gasteiger partial charge >= 0.3 is 0 Å². The molecule has 0 aliphatic rings. The monoisotopic (exact) mass is 456 g/mol. The van der Waals surface area contributed by atoms with E-state index < -0.39 is 18.2 Å². The van der Waals surface area contributed by atoms with Gasteiger partial charge in [0.05, 0.1) is 39.9 Å². The highest BCUT2D eigenvalue weighted by molar-refractivity contribution is 5.97. The average Bonchev–Trinajstić information content (AvgIpc) is 2.81. The van der Waals surface area contributed by atoms with Gasteiger partial charge in [0.25, 0.3) is 0 Å². The Morgan fingerprint density at radius 3 is 1.55 bits per heavy atom. The minimum Gasteiger partial charge on any atom is -0.493 e. The molecule has 2 rings (SSSR count). The minimum atomic E-state index is -0.584. The number of hydrogen-bond donors (Lipinski definition) is 2. The fourth-order valence-electron chi connectivity index (χ4n) is 2.66. The van der Waals surface area contributed by atoms with Crippen LogP contribution in [0, 0.1) is 0 Å². The second-order valence-corrected chi connectivity index (χ2v) is 6.45. The topological polar surface area (TPSA) is 120 Å². The highest BCUT2D eigenvalue weighted by atomic mass is 16.5. The van der Waals surface area contributed by atoms with Gasteiger partial charge in [0, 0.05) is 0 Å². The van der Waals surface area contributed by atoms with Crippen molar-refractivity contribution in [1.82, 2.24) is 10.9 Å². The van der Waals surface area contributed by atoms with Gasteiger partial charge in [-0.2, -0.15) is 10.2 Å². The summed E-state index contributed by atoms with van der Waals surface area (Å²) in [6.45, 7) is 4.78.